The van der Waals surface area contributed by atoms with Gasteiger partial charge in [0.05, 0.1) is 0 Å². The summed E-state index contributed by atoms with van der Waals surface area (Å²) in [6, 6.07) is 5.10. The first-order chi connectivity index (χ1) is 6.32. The van der Waals surface area contributed by atoms with Crippen LogP contribution in [-0.4, -0.2) is 17.2 Å². The molecular weight excluding hydrogens is 198 g/mol. The van der Waals surface area contributed by atoms with Crippen LogP contribution in [0.4, 0.5) is 0 Å². The number of hydrogen-bond acceptors (Lipinski definition) is 2. The van der Waals surface area contributed by atoms with Crippen LogP contribution in [0.15, 0.2) is 18.2 Å². The van der Waals surface area contributed by atoms with Gasteiger partial charge in [-0.3, -0.25) is 0 Å². The Labute approximate surface area is 89.7 Å². The van der Waals surface area contributed by atoms with E-state index in [9.17, 15) is 0 Å². The lowest BCUT2D eigenvalue weighted by Gasteiger charge is -2.21. The monoisotopic (exact) mass is 212 g/mol. The Hall–Kier alpha value is -0.505. The van der Waals surface area contributed by atoms with Crippen molar-refractivity contribution >= 4 is 24.2 Å². The summed E-state index contributed by atoms with van der Waals surface area (Å²) in [6.07, 6.45) is 0. The van der Waals surface area contributed by atoms with Gasteiger partial charge in [0.15, 0.2) is 0 Å². The van der Waals surface area contributed by atoms with Crippen molar-refractivity contribution in [3.05, 3.63) is 28.8 Å². The van der Waals surface area contributed by atoms with Gasteiger partial charge in [-0.15, -0.1) is 0 Å². The predicted molar refractivity (Wildman–Crippen MR) is 60.0 cm³/mol. The van der Waals surface area contributed by atoms with Crippen LogP contribution in [0.2, 0.25) is 5.02 Å². The molecule has 14 heavy (non-hydrogen) atoms. The highest BCUT2D eigenvalue weighted by molar-refractivity contribution is 6.59. The first-order valence-corrected chi connectivity index (χ1v) is 4.86. The SMILES string of the molecule is CC(C)(C)c1ccc(B(O)O)cc1Cl. The minimum atomic E-state index is -1.46. The highest BCUT2D eigenvalue weighted by Gasteiger charge is 2.19. The first kappa shape index (κ1) is 11.6. The third-order valence-electron chi connectivity index (χ3n) is 2.10. The topological polar surface area (TPSA) is 40.5 Å². The van der Waals surface area contributed by atoms with Gasteiger partial charge < -0.3 is 10.0 Å². The molecule has 1 aromatic rings. The second-order valence-electron chi connectivity index (χ2n) is 4.36. The van der Waals surface area contributed by atoms with Crippen molar-refractivity contribution in [3.8, 4) is 0 Å². The standard InChI is InChI=1S/C10H14BClO2/c1-10(2,3)8-5-4-7(11(13)14)6-9(8)12/h4-6,13-14H,1-3H3. The van der Waals surface area contributed by atoms with Crippen molar-refractivity contribution in [2.24, 2.45) is 0 Å². The van der Waals surface area contributed by atoms with E-state index in [1.54, 1.807) is 12.1 Å². The van der Waals surface area contributed by atoms with Crippen LogP contribution in [-0.2, 0) is 5.41 Å². The summed E-state index contributed by atoms with van der Waals surface area (Å²) in [4.78, 5) is 0. The zero-order chi connectivity index (χ0) is 10.9. The molecule has 76 valence electrons. The Morgan fingerprint density at radius 3 is 2.14 bits per heavy atom. The molecule has 0 amide bonds. The summed E-state index contributed by atoms with van der Waals surface area (Å²) in [5, 5.41) is 18.4. The van der Waals surface area contributed by atoms with E-state index in [-0.39, 0.29) is 5.41 Å². The van der Waals surface area contributed by atoms with E-state index >= 15 is 0 Å². The summed E-state index contributed by atoms with van der Waals surface area (Å²) in [7, 11) is -1.46. The van der Waals surface area contributed by atoms with Crippen LogP contribution in [0.1, 0.15) is 26.3 Å². The maximum atomic E-state index is 8.94. The van der Waals surface area contributed by atoms with E-state index in [4.69, 9.17) is 21.6 Å². The summed E-state index contributed by atoms with van der Waals surface area (Å²) >= 11 is 6.04. The molecule has 0 spiro atoms. The molecule has 0 heterocycles. The predicted octanol–water partition coefficient (Wildman–Crippen LogP) is 1.32. The normalized spacial score (nSPS) is 11.6. The smallest absolute Gasteiger partial charge is 0.423 e. The number of rotatable bonds is 1. The van der Waals surface area contributed by atoms with Gasteiger partial charge in [0.2, 0.25) is 0 Å². The third-order valence-corrected chi connectivity index (χ3v) is 2.41. The Bertz CT molecular complexity index is 331. The molecule has 0 aliphatic rings. The van der Waals surface area contributed by atoms with E-state index in [2.05, 4.69) is 20.8 Å². The number of hydrogen-bond donors (Lipinski definition) is 2. The minimum Gasteiger partial charge on any atom is -0.423 e. The largest absolute Gasteiger partial charge is 0.488 e. The molecule has 0 aromatic heterocycles. The van der Waals surface area contributed by atoms with E-state index < -0.39 is 7.12 Å². The lowest BCUT2D eigenvalue weighted by Crippen LogP contribution is -2.30. The zero-order valence-electron chi connectivity index (χ0n) is 8.58. The lowest BCUT2D eigenvalue weighted by atomic mass is 9.78. The van der Waals surface area contributed by atoms with Gasteiger partial charge in [-0.05, 0) is 22.5 Å². The summed E-state index contributed by atoms with van der Waals surface area (Å²) in [6.45, 7) is 6.18. The van der Waals surface area contributed by atoms with Gasteiger partial charge >= 0.3 is 7.12 Å². The summed E-state index contributed by atoms with van der Waals surface area (Å²) in [5.74, 6) is 0. The molecule has 0 unspecified atom stereocenters. The fourth-order valence-corrected chi connectivity index (χ4v) is 1.77. The van der Waals surface area contributed by atoms with Crippen molar-refractivity contribution in [2.75, 3.05) is 0 Å². The molecular formula is C10H14BClO2. The van der Waals surface area contributed by atoms with Crippen LogP contribution in [0.25, 0.3) is 0 Å². The minimum absolute atomic E-state index is 0.0317. The van der Waals surface area contributed by atoms with Crippen LogP contribution in [0, 0.1) is 0 Å². The fraction of sp³-hybridized carbons (Fsp3) is 0.400. The number of halogens is 1. The van der Waals surface area contributed by atoms with E-state index in [0.717, 1.165) is 5.56 Å². The Kier molecular flexibility index (Phi) is 3.25. The van der Waals surface area contributed by atoms with Crippen LogP contribution >= 0.6 is 11.6 Å². The fourth-order valence-electron chi connectivity index (χ4n) is 1.30. The molecule has 0 bridgehead atoms. The summed E-state index contributed by atoms with van der Waals surface area (Å²) < 4.78 is 0. The second kappa shape index (κ2) is 3.93. The van der Waals surface area contributed by atoms with Gasteiger partial charge in [-0.2, -0.15) is 0 Å². The zero-order valence-corrected chi connectivity index (χ0v) is 9.34. The molecule has 2 N–H and O–H groups in total. The van der Waals surface area contributed by atoms with Crippen LogP contribution in [0.3, 0.4) is 0 Å². The molecule has 0 fully saturated rings. The molecule has 0 aliphatic carbocycles. The van der Waals surface area contributed by atoms with Gasteiger partial charge in [0, 0.05) is 5.02 Å². The summed E-state index contributed by atoms with van der Waals surface area (Å²) in [5.41, 5.74) is 1.39. The molecule has 4 heteroatoms. The van der Waals surface area contributed by atoms with Crippen molar-refractivity contribution in [1.82, 2.24) is 0 Å². The second-order valence-corrected chi connectivity index (χ2v) is 4.77. The highest BCUT2D eigenvalue weighted by atomic mass is 35.5. The van der Waals surface area contributed by atoms with Crippen molar-refractivity contribution in [3.63, 3.8) is 0 Å². The van der Waals surface area contributed by atoms with Crippen LogP contribution in [0.5, 0.6) is 0 Å². The van der Waals surface area contributed by atoms with E-state index in [1.807, 2.05) is 6.07 Å². The van der Waals surface area contributed by atoms with Gasteiger partial charge in [0.25, 0.3) is 0 Å². The van der Waals surface area contributed by atoms with Gasteiger partial charge in [-0.25, -0.2) is 0 Å². The third kappa shape index (κ3) is 2.50. The Morgan fingerprint density at radius 1 is 1.21 bits per heavy atom. The lowest BCUT2D eigenvalue weighted by molar-refractivity contribution is 0.425. The molecule has 2 nitrogen and oxygen atoms in total. The Morgan fingerprint density at radius 2 is 1.79 bits per heavy atom. The Balaban J connectivity index is 3.15. The first-order valence-electron chi connectivity index (χ1n) is 4.48. The average Bonchev–Trinajstić information content (AvgIpc) is 2.01. The molecule has 0 aliphatic heterocycles. The molecule has 0 radical (unpaired) electrons. The maximum absolute atomic E-state index is 8.94. The molecule has 1 aromatic carbocycles. The number of benzene rings is 1. The van der Waals surface area contributed by atoms with E-state index in [1.165, 1.54) is 0 Å². The maximum Gasteiger partial charge on any atom is 0.488 e. The molecule has 0 saturated carbocycles. The van der Waals surface area contributed by atoms with Gasteiger partial charge in [0.1, 0.15) is 0 Å². The average molecular weight is 212 g/mol. The quantitative estimate of drug-likeness (QED) is 0.689. The van der Waals surface area contributed by atoms with Crippen molar-refractivity contribution in [1.29, 1.82) is 0 Å². The van der Waals surface area contributed by atoms with Gasteiger partial charge in [-0.1, -0.05) is 44.5 Å². The molecule has 0 atom stereocenters. The van der Waals surface area contributed by atoms with E-state index in [0.29, 0.717) is 10.5 Å². The van der Waals surface area contributed by atoms with Crippen molar-refractivity contribution < 1.29 is 10.0 Å². The van der Waals surface area contributed by atoms with Crippen molar-refractivity contribution in [2.45, 2.75) is 26.2 Å². The molecule has 1 rings (SSSR count). The molecule has 0 saturated heterocycles. The van der Waals surface area contributed by atoms with Crippen LogP contribution < -0.4 is 5.46 Å². The highest BCUT2D eigenvalue weighted by Crippen LogP contribution is 2.28.